The lowest BCUT2D eigenvalue weighted by Crippen LogP contribution is -2.14. The highest BCUT2D eigenvalue weighted by molar-refractivity contribution is 6.02. The summed E-state index contributed by atoms with van der Waals surface area (Å²) in [7, 11) is 3.34. The van der Waals surface area contributed by atoms with Crippen molar-refractivity contribution >= 4 is 21.9 Å². The number of aromatic nitrogens is 3. The quantitative estimate of drug-likeness (QED) is 0.655. The molecule has 0 fully saturated rings. The molecule has 5 heteroatoms. The fourth-order valence-electron chi connectivity index (χ4n) is 2.90. The molecule has 0 saturated heterocycles. The van der Waals surface area contributed by atoms with E-state index >= 15 is 0 Å². The Bertz CT molecular complexity index is 778. The molecule has 1 aromatic carbocycles. The van der Waals surface area contributed by atoms with Crippen LogP contribution in [0.1, 0.15) is 18.7 Å². The van der Waals surface area contributed by atoms with Crippen LogP contribution in [0.3, 0.4) is 0 Å². The van der Waals surface area contributed by atoms with Crippen LogP contribution < -0.4 is 0 Å². The third kappa shape index (κ3) is 2.69. The highest BCUT2D eigenvalue weighted by Gasteiger charge is 2.12. The molecule has 3 rings (SSSR count). The summed E-state index contributed by atoms with van der Waals surface area (Å²) in [5.41, 5.74) is 3.11. The summed E-state index contributed by atoms with van der Waals surface area (Å²) >= 11 is 0. The standard InChI is InChI=1S/C17H21N3O2/c1-12-19-15-11-18-14-8-5-4-7-13(14)17(15)20(12)10-6-9-16(21-2)22-3/h4-5,7-8,11,16H,6,9-10H2,1-3H3. The van der Waals surface area contributed by atoms with Gasteiger partial charge in [0.25, 0.3) is 0 Å². The van der Waals surface area contributed by atoms with E-state index in [9.17, 15) is 0 Å². The van der Waals surface area contributed by atoms with E-state index in [1.165, 1.54) is 0 Å². The van der Waals surface area contributed by atoms with Gasteiger partial charge in [0.15, 0.2) is 6.29 Å². The minimum Gasteiger partial charge on any atom is -0.356 e. The monoisotopic (exact) mass is 299 g/mol. The van der Waals surface area contributed by atoms with Gasteiger partial charge in [-0.15, -0.1) is 0 Å². The summed E-state index contributed by atoms with van der Waals surface area (Å²) < 4.78 is 12.8. The summed E-state index contributed by atoms with van der Waals surface area (Å²) in [6.45, 7) is 2.93. The number of aryl methyl sites for hydroxylation is 2. The molecule has 0 atom stereocenters. The highest BCUT2D eigenvalue weighted by atomic mass is 16.7. The van der Waals surface area contributed by atoms with Crippen LogP contribution in [0.4, 0.5) is 0 Å². The maximum atomic E-state index is 5.25. The average Bonchev–Trinajstić information content (AvgIpc) is 2.87. The third-order valence-corrected chi connectivity index (χ3v) is 4.02. The van der Waals surface area contributed by atoms with Gasteiger partial charge in [-0.3, -0.25) is 4.98 Å². The first-order valence-electron chi connectivity index (χ1n) is 7.50. The van der Waals surface area contributed by atoms with Gasteiger partial charge < -0.3 is 14.0 Å². The summed E-state index contributed by atoms with van der Waals surface area (Å²) in [5.74, 6) is 1.01. The number of ether oxygens (including phenoxy) is 2. The van der Waals surface area contributed by atoms with E-state index in [4.69, 9.17) is 9.47 Å². The number of nitrogens with zero attached hydrogens (tertiary/aromatic N) is 3. The van der Waals surface area contributed by atoms with Gasteiger partial charge in [-0.05, 0) is 19.4 Å². The van der Waals surface area contributed by atoms with E-state index in [0.717, 1.165) is 47.1 Å². The molecule has 0 aliphatic rings. The SMILES string of the molecule is COC(CCCn1c(C)nc2cnc3ccccc3c21)OC. The number of hydrogen-bond donors (Lipinski definition) is 0. The minimum atomic E-state index is -0.145. The van der Waals surface area contributed by atoms with Gasteiger partial charge in [0.05, 0.1) is 17.2 Å². The van der Waals surface area contributed by atoms with Crippen molar-refractivity contribution in [1.82, 2.24) is 14.5 Å². The average molecular weight is 299 g/mol. The first-order valence-corrected chi connectivity index (χ1v) is 7.50. The van der Waals surface area contributed by atoms with Crippen LogP contribution in [0, 0.1) is 6.92 Å². The molecule has 0 aliphatic carbocycles. The molecule has 5 nitrogen and oxygen atoms in total. The molecule has 0 spiro atoms. The van der Waals surface area contributed by atoms with Gasteiger partial charge in [0.2, 0.25) is 0 Å². The van der Waals surface area contributed by atoms with Gasteiger partial charge in [-0.2, -0.15) is 0 Å². The molecule has 0 saturated carbocycles. The normalized spacial score (nSPS) is 11.8. The Labute approximate surface area is 129 Å². The van der Waals surface area contributed by atoms with E-state index < -0.39 is 0 Å². The Morgan fingerprint density at radius 3 is 2.68 bits per heavy atom. The second kappa shape index (κ2) is 6.42. The number of methoxy groups -OCH3 is 2. The first kappa shape index (κ1) is 14.9. The Morgan fingerprint density at radius 1 is 1.14 bits per heavy atom. The molecule has 0 unspecified atom stereocenters. The smallest absolute Gasteiger partial charge is 0.156 e. The molecular weight excluding hydrogens is 278 g/mol. The molecule has 2 aromatic heterocycles. The molecule has 0 bridgehead atoms. The first-order chi connectivity index (χ1) is 10.7. The predicted octanol–water partition coefficient (Wildman–Crippen LogP) is 3.29. The fourth-order valence-corrected chi connectivity index (χ4v) is 2.90. The van der Waals surface area contributed by atoms with Crippen molar-refractivity contribution in [1.29, 1.82) is 0 Å². The van der Waals surface area contributed by atoms with Crippen LogP contribution in [0.5, 0.6) is 0 Å². The Morgan fingerprint density at radius 2 is 1.91 bits per heavy atom. The number of hydrogen-bond acceptors (Lipinski definition) is 4. The van der Waals surface area contributed by atoms with Crippen LogP contribution in [-0.4, -0.2) is 35.0 Å². The van der Waals surface area contributed by atoms with Gasteiger partial charge in [-0.1, -0.05) is 18.2 Å². The van der Waals surface area contributed by atoms with Gasteiger partial charge in [0, 0.05) is 32.6 Å². The number of imidazole rings is 1. The number of rotatable bonds is 6. The number of pyridine rings is 1. The molecule has 3 aromatic rings. The van der Waals surface area contributed by atoms with Crippen LogP contribution in [0.2, 0.25) is 0 Å². The highest BCUT2D eigenvalue weighted by Crippen LogP contribution is 2.25. The molecular formula is C17H21N3O2. The molecule has 0 amide bonds. The number of para-hydroxylation sites is 1. The second-order valence-electron chi connectivity index (χ2n) is 5.36. The summed E-state index contributed by atoms with van der Waals surface area (Å²) in [5, 5.41) is 1.15. The van der Waals surface area contributed by atoms with Gasteiger partial charge in [0.1, 0.15) is 11.3 Å². The van der Waals surface area contributed by atoms with E-state index in [1.807, 2.05) is 31.3 Å². The fraction of sp³-hybridized carbons (Fsp3) is 0.412. The van der Waals surface area contributed by atoms with Crippen molar-refractivity contribution < 1.29 is 9.47 Å². The van der Waals surface area contributed by atoms with E-state index in [0.29, 0.717) is 0 Å². The molecule has 0 N–H and O–H groups in total. The zero-order valence-electron chi connectivity index (χ0n) is 13.2. The van der Waals surface area contributed by atoms with E-state index in [2.05, 4.69) is 20.6 Å². The minimum absolute atomic E-state index is 0.145. The van der Waals surface area contributed by atoms with E-state index in [-0.39, 0.29) is 6.29 Å². The van der Waals surface area contributed by atoms with Crippen molar-refractivity contribution in [2.24, 2.45) is 0 Å². The molecule has 0 aliphatic heterocycles. The largest absolute Gasteiger partial charge is 0.356 e. The molecule has 0 radical (unpaired) electrons. The lowest BCUT2D eigenvalue weighted by atomic mass is 10.2. The predicted molar refractivity (Wildman–Crippen MR) is 86.8 cm³/mol. The van der Waals surface area contributed by atoms with Crippen LogP contribution in [-0.2, 0) is 16.0 Å². The van der Waals surface area contributed by atoms with Crippen molar-refractivity contribution in [3.63, 3.8) is 0 Å². The summed E-state index contributed by atoms with van der Waals surface area (Å²) in [6.07, 6.45) is 3.53. The summed E-state index contributed by atoms with van der Waals surface area (Å²) in [4.78, 5) is 9.12. The lowest BCUT2D eigenvalue weighted by molar-refractivity contribution is -0.107. The summed E-state index contributed by atoms with van der Waals surface area (Å²) in [6, 6.07) is 8.20. The maximum Gasteiger partial charge on any atom is 0.156 e. The lowest BCUT2D eigenvalue weighted by Gasteiger charge is -2.14. The Balaban J connectivity index is 1.94. The van der Waals surface area contributed by atoms with E-state index in [1.54, 1.807) is 14.2 Å². The maximum absolute atomic E-state index is 5.25. The van der Waals surface area contributed by atoms with Crippen LogP contribution in [0.15, 0.2) is 30.5 Å². The molecule has 2 heterocycles. The van der Waals surface area contributed by atoms with Crippen molar-refractivity contribution in [2.45, 2.75) is 32.6 Å². The zero-order chi connectivity index (χ0) is 15.5. The second-order valence-corrected chi connectivity index (χ2v) is 5.36. The third-order valence-electron chi connectivity index (χ3n) is 4.02. The molecule has 116 valence electrons. The van der Waals surface area contributed by atoms with Crippen LogP contribution >= 0.6 is 0 Å². The Kier molecular flexibility index (Phi) is 4.36. The zero-order valence-corrected chi connectivity index (χ0v) is 13.2. The molecule has 22 heavy (non-hydrogen) atoms. The van der Waals surface area contributed by atoms with Crippen LogP contribution in [0.25, 0.3) is 21.9 Å². The topological polar surface area (TPSA) is 49.2 Å². The van der Waals surface area contributed by atoms with Crippen molar-refractivity contribution in [3.8, 4) is 0 Å². The van der Waals surface area contributed by atoms with Gasteiger partial charge in [-0.25, -0.2) is 4.98 Å². The van der Waals surface area contributed by atoms with Crippen molar-refractivity contribution in [3.05, 3.63) is 36.3 Å². The Hall–Kier alpha value is -1.98. The number of benzene rings is 1. The van der Waals surface area contributed by atoms with Gasteiger partial charge >= 0.3 is 0 Å². The number of fused-ring (bicyclic) bond motifs is 3. The van der Waals surface area contributed by atoms with Crippen molar-refractivity contribution in [2.75, 3.05) is 14.2 Å².